The molecule has 108 valence electrons. The molecule has 1 fully saturated rings. The molecule has 1 aliphatic carbocycles. The van der Waals surface area contributed by atoms with E-state index in [0.29, 0.717) is 0 Å². The average molecular weight is 293 g/mol. The lowest BCUT2D eigenvalue weighted by Gasteiger charge is -2.07. The van der Waals surface area contributed by atoms with E-state index in [0.717, 1.165) is 11.1 Å². The summed E-state index contributed by atoms with van der Waals surface area (Å²) in [5.41, 5.74) is 1.06. The van der Waals surface area contributed by atoms with Gasteiger partial charge in [-0.2, -0.15) is 5.26 Å². The quantitative estimate of drug-likeness (QED) is 0.833. The lowest BCUT2D eigenvalue weighted by atomic mass is 10.0. The third kappa shape index (κ3) is 2.23. The second-order valence-electron chi connectivity index (χ2n) is 5.35. The normalized spacial score (nSPS) is 28.9. The summed E-state index contributed by atoms with van der Waals surface area (Å²) in [6, 6.07) is 9.91. The maximum atomic E-state index is 12.3. The van der Waals surface area contributed by atoms with Crippen LogP contribution in [0.4, 0.5) is 0 Å². The molecule has 0 unspecified atom stereocenters. The van der Waals surface area contributed by atoms with E-state index < -0.39 is 20.5 Å². The molecule has 0 bridgehead atoms. The van der Waals surface area contributed by atoms with Crippen molar-refractivity contribution in [3.05, 3.63) is 35.4 Å². The minimum absolute atomic E-state index is 0.0488. The number of methoxy groups -OCH3 is 1. The van der Waals surface area contributed by atoms with Gasteiger partial charge in [0.2, 0.25) is 0 Å². The van der Waals surface area contributed by atoms with Gasteiger partial charge >= 0.3 is 0 Å². The molecule has 0 aromatic heterocycles. The minimum Gasteiger partial charge on any atom is -0.383 e. The summed E-state index contributed by atoms with van der Waals surface area (Å²) in [7, 11) is -1.78. The zero-order chi connectivity index (χ0) is 15.0. The van der Waals surface area contributed by atoms with Gasteiger partial charge in [-0.3, -0.25) is 0 Å². The lowest BCUT2D eigenvalue weighted by Crippen LogP contribution is -2.20. The lowest BCUT2D eigenvalue weighted by molar-refractivity contribution is 0.162. The molecular weight excluding hydrogens is 274 g/mol. The summed E-state index contributed by atoms with van der Waals surface area (Å²) in [6.45, 7) is 3.74. The van der Waals surface area contributed by atoms with Crippen LogP contribution >= 0.6 is 0 Å². The average Bonchev–Trinajstić information content (AvgIpc) is 3.10. The Kier molecular flexibility index (Phi) is 3.90. The van der Waals surface area contributed by atoms with E-state index in [-0.39, 0.29) is 18.3 Å². The van der Waals surface area contributed by atoms with Gasteiger partial charge in [0, 0.05) is 18.8 Å². The fraction of sp³-hybridized carbons (Fsp3) is 0.533. The number of aryl methyl sites for hydroxylation is 1. The molecule has 0 amide bonds. The second-order valence-corrected chi connectivity index (χ2v) is 7.76. The van der Waals surface area contributed by atoms with Gasteiger partial charge in [0.05, 0.1) is 17.9 Å². The van der Waals surface area contributed by atoms with E-state index in [1.807, 2.05) is 31.2 Å². The molecule has 1 saturated carbocycles. The van der Waals surface area contributed by atoms with Gasteiger partial charge in [-0.15, -0.1) is 0 Å². The zero-order valence-corrected chi connectivity index (χ0v) is 12.8. The fourth-order valence-corrected chi connectivity index (χ4v) is 4.94. The van der Waals surface area contributed by atoms with Gasteiger partial charge in [-0.1, -0.05) is 36.8 Å². The number of benzene rings is 1. The van der Waals surface area contributed by atoms with Crippen molar-refractivity contribution < 1.29 is 13.2 Å². The summed E-state index contributed by atoms with van der Waals surface area (Å²) >= 11 is 0. The first-order valence-electron chi connectivity index (χ1n) is 6.61. The molecule has 3 atom stereocenters. The van der Waals surface area contributed by atoms with Crippen LogP contribution in [0.3, 0.4) is 0 Å². The Morgan fingerprint density at radius 3 is 2.40 bits per heavy atom. The Bertz CT molecular complexity index is 630. The van der Waals surface area contributed by atoms with Gasteiger partial charge in [0.1, 0.15) is 5.41 Å². The van der Waals surface area contributed by atoms with E-state index >= 15 is 0 Å². The number of sulfone groups is 1. The zero-order valence-electron chi connectivity index (χ0n) is 12.0. The van der Waals surface area contributed by atoms with Crippen molar-refractivity contribution >= 4 is 9.84 Å². The van der Waals surface area contributed by atoms with Crippen LogP contribution in [0.5, 0.6) is 0 Å². The number of nitriles is 1. The van der Waals surface area contributed by atoms with Crippen molar-refractivity contribution in [2.45, 2.75) is 25.0 Å². The number of ether oxygens (including phenoxy) is 1. The van der Waals surface area contributed by atoms with Crippen molar-refractivity contribution in [1.82, 2.24) is 0 Å². The summed E-state index contributed by atoms with van der Waals surface area (Å²) in [5, 5.41) is 8.85. The Morgan fingerprint density at radius 2 is 1.95 bits per heavy atom. The molecule has 1 aromatic carbocycles. The maximum absolute atomic E-state index is 12.3. The first kappa shape index (κ1) is 15.0. The van der Waals surface area contributed by atoms with Crippen molar-refractivity contribution in [2.24, 2.45) is 5.41 Å². The first-order valence-corrected chi connectivity index (χ1v) is 8.33. The SMILES string of the molecule is CCS(=O)(=O)[C@@H]1[C@@H](c2ccc(C)cc2)[C@]1(C#N)COC. The van der Waals surface area contributed by atoms with Gasteiger partial charge in [0.25, 0.3) is 0 Å². The Balaban J connectivity index is 2.45. The Labute approximate surface area is 120 Å². The molecule has 0 N–H and O–H groups in total. The molecule has 5 heteroatoms. The van der Waals surface area contributed by atoms with Crippen LogP contribution in [-0.4, -0.2) is 33.1 Å². The molecule has 0 aliphatic heterocycles. The highest BCUT2D eigenvalue weighted by molar-refractivity contribution is 7.92. The van der Waals surface area contributed by atoms with Crippen molar-refractivity contribution in [1.29, 1.82) is 5.26 Å². The molecule has 20 heavy (non-hydrogen) atoms. The Morgan fingerprint density at radius 1 is 1.35 bits per heavy atom. The highest BCUT2D eigenvalue weighted by Crippen LogP contribution is 2.62. The summed E-state index contributed by atoms with van der Waals surface area (Å²) < 4.78 is 29.6. The van der Waals surface area contributed by atoms with Crippen LogP contribution in [0.25, 0.3) is 0 Å². The van der Waals surface area contributed by atoms with Crippen LogP contribution in [0, 0.1) is 23.7 Å². The third-order valence-electron chi connectivity index (χ3n) is 4.07. The molecule has 0 radical (unpaired) electrons. The van der Waals surface area contributed by atoms with Crippen LogP contribution in [0.1, 0.15) is 24.0 Å². The summed E-state index contributed by atoms with van der Waals surface area (Å²) in [4.78, 5) is 0. The van der Waals surface area contributed by atoms with Crippen molar-refractivity contribution in [3.63, 3.8) is 0 Å². The van der Waals surface area contributed by atoms with Crippen LogP contribution < -0.4 is 0 Å². The van der Waals surface area contributed by atoms with Gasteiger partial charge in [0.15, 0.2) is 9.84 Å². The first-order chi connectivity index (χ1) is 9.43. The number of hydrogen-bond donors (Lipinski definition) is 0. The van der Waals surface area contributed by atoms with E-state index in [2.05, 4.69) is 6.07 Å². The largest absolute Gasteiger partial charge is 0.383 e. The predicted octanol–water partition coefficient (Wildman–Crippen LogP) is 2.05. The molecule has 1 aromatic rings. The van der Waals surface area contributed by atoms with E-state index in [9.17, 15) is 13.7 Å². The topological polar surface area (TPSA) is 67.2 Å². The highest BCUT2D eigenvalue weighted by Gasteiger charge is 2.71. The standard InChI is InChI=1S/C15H19NO3S/c1-4-20(17,18)14-13(15(14,9-16)10-19-3)12-7-5-11(2)6-8-12/h5-8,13-14H,4,10H2,1-3H3/t13-,14-,15+/m1/s1. The third-order valence-corrected chi connectivity index (χ3v) is 6.34. The van der Waals surface area contributed by atoms with E-state index in [4.69, 9.17) is 4.74 Å². The van der Waals surface area contributed by atoms with Gasteiger partial charge < -0.3 is 4.74 Å². The monoisotopic (exact) mass is 293 g/mol. The summed E-state index contributed by atoms with van der Waals surface area (Å²) in [6.07, 6.45) is 0. The molecular formula is C15H19NO3S. The van der Waals surface area contributed by atoms with Gasteiger partial charge in [-0.05, 0) is 12.5 Å². The fourth-order valence-electron chi connectivity index (χ4n) is 2.93. The molecule has 1 aliphatic rings. The molecule has 4 nitrogen and oxygen atoms in total. The van der Waals surface area contributed by atoms with Crippen LogP contribution in [0.15, 0.2) is 24.3 Å². The van der Waals surface area contributed by atoms with Gasteiger partial charge in [-0.25, -0.2) is 8.42 Å². The summed E-state index contributed by atoms with van der Waals surface area (Å²) in [5.74, 6) is -0.245. The smallest absolute Gasteiger partial charge is 0.155 e. The van der Waals surface area contributed by atoms with E-state index in [1.54, 1.807) is 6.92 Å². The number of rotatable bonds is 5. The molecule has 0 heterocycles. The minimum atomic E-state index is -3.28. The second kappa shape index (κ2) is 5.19. The maximum Gasteiger partial charge on any atom is 0.155 e. The van der Waals surface area contributed by atoms with Crippen LogP contribution in [0.2, 0.25) is 0 Å². The highest BCUT2D eigenvalue weighted by atomic mass is 32.2. The number of nitrogens with zero attached hydrogens (tertiary/aromatic N) is 1. The van der Waals surface area contributed by atoms with Crippen molar-refractivity contribution in [2.75, 3.05) is 19.5 Å². The molecule has 2 rings (SSSR count). The van der Waals surface area contributed by atoms with Crippen LogP contribution in [-0.2, 0) is 14.6 Å². The molecule has 0 spiro atoms. The van der Waals surface area contributed by atoms with Crippen molar-refractivity contribution in [3.8, 4) is 6.07 Å². The predicted molar refractivity (Wildman–Crippen MR) is 77.1 cm³/mol. The Hall–Kier alpha value is -1.38. The van der Waals surface area contributed by atoms with E-state index in [1.165, 1.54) is 7.11 Å². The molecule has 0 saturated heterocycles. The number of hydrogen-bond acceptors (Lipinski definition) is 4.